The molecule has 9 heteroatoms. The normalized spacial score (nSPS) is 13.1. The number of benzene rings is 4. The van der Waals surface area contributed by atoms with Gasteiger partial charge in [-0.25, -0.2) is 19.9 Å². The molecular formula is C140H184N8Zn. The molecule has 0 aliphatic carbocycles. The molecule has 786 valence electrons. The van der Waals surface area contributed by atoms with Gasteiger partial charge in [0.05, 0.1) is 56.6 Å². The number of aryl methyl sites for hydroxylation is 8. The molecule has 0 amide bonds. The summed E-state index contributed by atoms with van der Waals surface area (Å²) in [5, 5.41) is 0. The van der Waals surface area contributed by atoms with Gasteiger partial charge in [0, 0.05) is 33.3 Å². The first-order valence-corrected chi connectivity index (χ1v) is 58.8. The second-order valence-corrected chi connectivity index (χ2v) is 48.5. The van der Waals surface area contributed by atoms with E-state index in [4.69, 9.17) is 29.9 Å². The number of fused-ring (bicyclic) bond motifs is 16. The Kier molecular flexibility index (Phi) is 40.8. The van der Waals surface area contributed by atoms with Crippen LogP contribution >= 0.6 is 0 Å². The Morgan fingerprint density at radius 1 is 0.255 bits per heavy atom. The monoisotopic (exact) mass is 2040 g/mol. The molecule has 4 aliphatic rings. The zero-order valence-corrected chi connectivity index (χ0v) is 101. The third-order valence-electron chi connectivity index (χ3n) is 32.9. The van der Waals surface area contributed by atoms with Gasteiger partial charge in [-0.1, -0.05) is 399 Å². The van der Waals surface area contributed by atoms with Crippen LogP contribution < -0.4 is 9.97 Å². The van der Waals surface area contributed by atoms with Gasteiger partial charge < -0.3 is 19.9 Å². The predicted molar refractivity (Wildman–Crippen MR) is 646 cm³/mol. The summed E-state index contributed by atoms with van der Waals surface area (Å²) >= 11 is 0. The first-order chi connectivity index (χ1) is 71.0. The first-order valence-electron chi connectivity index (χ1n) is 58.8. The quantitative estimate of drug-likeness (QED) is 0.0224. The Hall–Kier alpha value is -10.2. The second-order valence-electron chi connectivity index (χ2n) is 48.5. The Bertz CT molecular complexity index is 6840. The van der Waals surface area contributed by atoms with E-state index < -0.39 is 0 Å². The van der Waals surface area contributed by atoms with Crippen molar-refractivity contribution in [1.29, 1.82) is 0 Å². The summed E-state index contributed by atoms with van der Waals surface area (Å²) in [6, 6.07) is 42.7. The summed E-state index contributed by atoms with van der Waals surface area (Å²) in [6.45, 7) is 66.2. The molecule has 0 spiro atoms. The van der Waals surface area contributed by atoms with Crippen LogP contribution in [0.25, 0.3) is 133 Å². The maximum absolute atomic E-state index is 6.10. The van der Waals surface area contributed by atoms with Crippen molar-refractivity contribution < 1.29 is 19.5 Å². The van der Waals surface area contributed by atoms with Crippen molar-refractivity contribution in [2.75, 3.05) is 0 Å². The van der Waals surface area contributed by atoms with E-state index in [-0.39, 0.29) is 41.1 Å². The van der Waals surface area contributed by atoms with Crippen molar-refractivity contribution in [3.8, 4) is 68.2 Å². The minimum atomic E-state index is -0.108. The van der Waals surface area contributed by atoms with Crippen molar-refractivity contribution in [2.45, 2.75) is 472 Å². The molecule has 10 heterocycles. The largest absolute Gasteiger partial charge is 2.00 e. The summed E-state index contributed by atoms with van der Waals surface area (Å²) in [4.78, 5) is 45.2. The van der Waals surface area contributed by atoms with E-state index in [0.717, 1.165) is 222 Å². The smallest absolute Gasteiger partial charge is 0.657 e. The number of aromatic amines is 2. The van der Waals surface area contributed by atoms with Gasteiger partial charge in [0.15, 0.2) is 0 Å². The van der Waals surface area contributed by atoms with Crippen LogP contribution in [0.2, 0.25) is 0 Å². The molecule has 4 aromatic carbocycles. The molecule has 8 nitrogen and oxygen atoms in total. The van der Waals surface area contributed by atoms with E-state index in [2.05, 4.69) is 337 Å². The van der Waals surface area contributed by atoms with E-state index in [1.165, 1.54) is 291 Å². The van der Waals surface area contributed by atoms with Gasteiger partial charge in [-0.15, -0.1) is 22.1 Å². The van der Waals surface area contributed by atoms with Gasteiger partial charge in [-0.05, 0) is 350 Å². The number of hydrogen-bond donors (Lipinski definition) is 2. The van der Waals surface area contributed by atoms with Crippen molar-refractivity contribution in [2.24, 2.45) is 0 Å². The number of hydrogen-bond acceptors (Lipinski definition) is 4. The summed E-state index contributed by atoms with van der Waals surface area (Å²) < 4.78 is 0. The maximum Gasteiger partial charge on any atom is 2.00 e. The van der Waals surface area contributed by atoms with Crippen LogP contribution in [0.5, 0.6) is 0 Å². The summed E-state index contributed by atoms with van der Waals surface area (Å²) in [6.07, 6.45) is 44.8. The van der Waals surface area contributed by atoms with E-state index >= 15 is 0 Å². The van der Waals surface area contributed by atoms with Gasteiger partial charge in [0.2, 0.25) is 0 Å². The van der Waals surface area contributed by atoms with Crippen molar-refractivity contribution in [3.05, 3.63) is 233 Å². The molecule has 0 fully saturated rings. The van der Waals surface area contributed by atoms with Crippen molar-refractivity contribution in [3.63, 3.8) is 0 Å². The van der Waals surface area contributed by atoms with Gasteiger partial charge in [-0.3, -0.25) is 0 Å². The molecular weight excluding hydrogens is 1860 g/mol. The molecule has 0 unspecified atom stereocenters. The van der Waals surface area contributed by atoms with Gasteiger partial charge in [0.1, 0.15) is 0 Å². The maximum atomic E-state index is 6.10. The van der Waals surface area contributed by atoms with Crippen LogP contribution in [0.15, 0.2) is 109 Å². The van der Waals surface area contributed by atoms with E-state index in [9.17, 15) is 0 Å². The fourth-order valence-electron chi connectivity index (χ4n) is 23.3. The van der Waals surface area contributed by atoms with Crippen LogP contribution in [-0.2, 0) is 66.8 Å². The number of H-pyrrole nitrogens is 2. The molecule has 0 saturated carbocycles. The van der Waals surface area contributed by atoms with E-state index in [1.54, 1.807) is 0 Å². The minimum absolute atomic E-state index is 0. The molecule has 2 N–H and O–H groups in total. The molecule has 0 radical (unpaired) electrons. The fraction of sp³-hybridized carbons (Fsp3) is 0.514. The molecule has 16 bridgehead atoms. The fourth-order valence-corrected chi connectivity index (χ4v) is 23.3. The van der Waals surface area contributed by atoms with Gasteiger partial charge in [-0.2, -0.15) is 0 Å². The number of rotatable bonds is 44. The Balaban J connectivity index is 0.0000185. The summed E-state index contributed by atoms with van der Waals surface area (Å²) in [5.74, 6) is 13.9. The van der Waals surface area contributed by atoms with Gasteiger partial charge >= 0.3 is 19.5 Å². The van der Waals surface area contributed by atoms with Crippen LogP contribution in [0.1, 0.15) is 521 Å². The summed E-state index contributed by atoms with van der Waals surface area (Å²) in [5.41, 5.74) is 53.8. The van der Waals surface area contributed by atoms with Crippen molar-refractivity contribution in [1.82, 2.24) is 39.9 Å². The third-order valence-corrected chi connectivity index (χ3v) is 32.9. The van der Waals surface area contributed by atoms with E-state index in [1.807, 2.05) is 0 Å². The number of aromatic nitrogens is 8. The molecule has 14 rings (SSSR count). The minimum Gasteiger partial charge on any atom is -0.657 e. The zero-order chi connectivity index (χ0) is 106. The molecule has 10 aromatic rings. The molecule has 4 aliphatic heterocycles. The SMILES string of the molecule is CCCCCCC1=C(C)c2nc1cc1[nH]c(c(C)c1CCCCCC)c(-c1cc(C(C)(C)C)cc(C(C)(C)C)c1)c1[nH]c(cc3nc(c2-c2ccc(C#CC#Cc4ccc(-c5c6nc(cc7[n-]c(c(C)c7CCCCCC)c(-c7cc(C(C)(C)C)cc(C(C)(C)C)c7)c7nc(cc8[n-]c5c(C)c8CCCCCC)C(CCCCCC)=C7C)C(CCCCCC)=C6C)cc4)cc2)C(C)=C3CCCCCC)c(CCCCCC)c1C.[Zn+2]. The second kappa shape index (κ2) is 52.4. The average molecular weight is 2040 g/mol. The number of unbranched alkanes of at least 4 members (excludes halogenated alkanes) is 24. The zero-order valence-electron chi connectivity index (χ0n) is 98.1. The van der Waals surface area contributed by atoms with Crippen LogP contribution in [-0.4, -0.2) is 29.9 Å². The molecule has 149 heavy (non-hydrogen) atoms. The number of nitrogens with one attached hydrogen (secondary N) is 2. The molecule has 0 atom stereocenters. The Labute approximate surface area is 914 Å². The molecule has 6 aromatic heterocycles. The van der Waals surface area contributed by atoms with E-state index in [0.29, 0.717) is 0 Å². The third kappa shape index (κ3) is 27.4. The summed E-state index contributed by atoms with van der Waals surface area (Å²) in [7, 11) is 0. The first kappa shape index (κ1) is 116. The van der Waals surface area contributed by atoms with Crippen LogP contribution in [0.4, 0.5) is 0 Å². The Morgan fingerprint density at radius 2 is 0.503 bits per heavy atom. The Morgan fingerprint density at radius 3 is 0.785 bits per heavy atom. The average Bonchev–Trinajstić information content (AvgIpc) is 1.60. The number of allylic oxidation sites excluding steroid dienone is 8. The predicted octanol–water partition coefficient (Wildman–Crippen LogP) is 40.8. The van der Waals surface area contributed by atoms with Gasteiger partial charge in [0.25, 0.3) is 0 Å². The topological polar surface area (TPSA) is 111 Å². The number of nitrogens with zero attached hydrogens (tertiary/aromatic N) is 6. The van der Waals surface area contributed by atoms with Crippen molar-refractivity contribution >= 4 is 88.7 Å². The standard InChI is InChI=1S/C140H184N8.Zn/c1-29-37-45-53-65-109-91(9)129-125(130-92(10)110(66-54-46-38-30-2)118(142-130)88-122-114(70-58-50-42-34-6)96(14)134(146-122)127(103-81-105(137(17,18)19)85-106(82-103)138(20,21)22)133-95(13)113(69-57-49-41-33-5)121(145-133)87-117(109)141-129)101-77-73-99(74-78-101)63-61-62-64-100-75-79-102(80-76-100)126-131-93(11)111(67-55-47-39-31-3)119(143-131)89-123-115(71-59-51-43-35-7)97(15)135(147-123)128(104-83-107(139(23,24)25)86-108(84-104)140(26,27)28)136-98(16)116(72-60-52-44-36-8)124(148-136)90-120-112(68-56-48-40-32-4)94(12)132(126)144-120;/h73-90,145-146H,29-60,65-72H2,1-28H3;/q-2;+2. The molecule has 0 saturated heterocycles. The van der Waals surface area contributed by atoms with Crippen LogP contribution in [0, 0.1) is 51.4 Å². The van der Waals surface area contributed by atoms with Crippen LogP contribution in [0.3, 0.4) is 0 Å².